The Labute approximate surface area is 151 Å². The van der Waals surface area contributed by atoms with E-state index in [1.165, 1.54) is 35.8 Å². The summed E-state index contributed by atoms with van der Waals surface area (Å²) in [5.74, 6) is 0.299. The molecule has 4 aromatic rings. The molecule has 5 rings (SSSR count). The van der Waals surface area contributed by atoms with Crippen LogP contribution >= 0.6 is 0 Å². The summed E-state index contributed by atoms with van der Waals surface area (Å²) in [6, 6.07) is 10.9. The van der Waals surface area contributed by atoms with Gasteiger partial charge in [0.1, 0.15) is 0 Å². The molecule has 3 aromatic heterocycles. The number of nitrogens with two attached hydrogens (primary N) is 1. The molecule has 0 amide bonds. The van der Waals surface area contributed by atoms with Gasteiger partial charge in [-0.15, -0.1) is 0 Å². The number of hydrogen-bond donors (Lipinski definition) is 2. The molecular formula is C21H19N5. The number of aromatic nitrogens is 4. The fraction of sp³-hybridized carbons (Fsp3) is 0.190. The zero-order chi connectivity index (χ0) is 17.6. The lowest BCUT2D eigenvalue weighted by Crippen LogP contribution is -2.35. The van der Waals surface area contributed by atoms with Crippen LogP contribution in [0.1, 0.15) is 30.4 Å². The van der Waals surface area contributed by atoms with Gasteiger partial charge in [-0.05, 0) is 35.6 Å². The van der Waals surface area contributed by atoms with Crippen LogP contribution in [0.3, 0.4) is 0 Å². The van der Waals surface area contributed by atoms with Crippen LogP contribution in [0, 0.1) is 0 Å². The van der Waals surface area contributed by atoms with Gasteiger partial charge in [0.25, 0.3) is 0 Å². The third-order valence-corrected chi connectivity index (χ3v) is 5.65. The minimum absolute atomic E-state index is 0.0930. The normalized spacial score (nSPS) is 15.7. The lowest BCUT2D eigenvalue weighted by Gasteiger charge is -2.42. The standard InChI is InChI=1S/C21H19N5/c22-20-25-10-15(11-26-20)14-2-4-16(5-3-14)21(7-1-8-21)18-12-24-19-13-23-9-6-17(18)19/h2-6,9-13,24H,1,7-8H2,(H2,22,25,26). The molecule has 3 N–H and O–H groups in total. The van der Waals surface area contributed by atoms with Crippen LogP contribution in [0.15, 0.2) is 61.3 Å². The molecule has 1 saturated carbocycles. The van der Waals surface area contributed by atoms with E-state index in [0.29, 0.717) is 5.95 Å². The van der Waals surface area contributed by atoms with E-state index >= 15 is 0 Å². The Morgan fingerprint density at radius 3 is 2.38 bits per heavy atom. The number of fused-ring (bicyclic) bond motifs is 1. The van der Waals surface area contributed by atoms with Crippen molar-refractivity contribution in [1.29, 1.82) is 0 Å². The van der Waals surface area contributed by atoms with E-state index in [2.05, 4.69) is 56.5 Å². The fourth-order valence-electron chi connectivity index (χ4n) is 4.08. The molecule has 0 aliphatic heterocycles. The first kappa shape index (κ1) is 15.1. The van der Waals surface area contributed by atoms with Gasteiger partial charge in [0, 0.05) is 41.2 Å². The zero-order valence-electron chi connectivity index (χ0n) is 14.3. The molecule has 1 fully saturated rings. The molecular weight excluding hydrogens is 322 g/mol. The predicted molar refractivity (Wildman–Crippen MR) is 103 cm³/mol. The van der Waals surface area contributed by atoms with Crippen molar-refractivity contribution < 1.29 is 0 Å². The van der Waals surface area contributed by atoms with Crippen molar-refractivity contribution in [2.75, 3.05) is 5.73 Å². The van der Waals surface area contributed by atoms with Gasteiger partial charge in [-0.3, -0.25) is 4.98 Å². The van der Waals surface area contributed by atoms with Crippen molar-refractivity contribution in [3.63, 3.8) is 0 Å². The molecule has 0 spiro atoms. The highest BCUT2D eigenvalue weighted by atomic mass is 15.0. The first-order chi connectivity index (χ1) is 12.8. The van der Waals surface area contributed by atoms with Crippen molar-refractivity contribution >= 4 is 16.9 Å². The number of anilines is 1. The molecule has 26 heavy (non-hydrogen) atoms. The van der Waals surface area contributed by atoms with Crippen LogP contribution in [0.25, 0.3) is 22.0 Å². The third-order valence-electron chi connectivity index (χ3n) is 5.65. The van der Waals surface area contributed by atoms with E-state index in [1.54, 1.807) is 12.4 Å². The van der Waals surface area contributed by atoms with Crippen LogP contribution in [-0.4, -0.2) is 19.9 Å². The molecule has 1 aromatic carbocycles. The molecule has 0 radical (unpaired) electrons. The summed E-state index contributed by atoms with van der Waals surface area (Å²) >= 11 is 0. The molecule has 0 unspecified atom stereocenters. The van der Waals surface area contributed by atoms with Gasteiger partial charge in [0.2, 0.25) is 5.95 Å². The molecule has 0 atom stereocenters. The van der Waals surface area contributed by atoms with E-state index in [-0.39, 0.29) is 5.41 Å². The summed E-state index contributed by atoms with van der Waals surface area (Å²) < 4.78 is 0. The van der Waals surface area contributed by atoms with Gasteiger partial charge < -0.3 is 10.7 Å². The monoisotopic (exact) mass is 341 g/mol. The van der Waals surface area contributed by atoms with Crippen molar-refractivity contribution in [1.82, 2.24) is 19.9 Å². The highest BCUT2D eigenvalue weighted by Gasteiger charge is 2.41. The Hall–Kier alpha value is -3.21. The molecule has 3 heterocycles. The summed E-state index contributed by atoms with van der Waals surface area (Å²) in [6.45, 7) is 0. The average Bonchev–Trinajstić information content (AvgIpc) is 3.07. The Morgan fingerprint density at radius 1 is 0.923 bits per heavy atom. The average molecular weight is 341 g/mol. The number of pyridine rings is 1. The summed E-state index contributed by atoms with van der Waals surface area (Å²) in [5.41, 5.74) is 11.6. The van der Waals surface area contributed by atoms with Gasteiger partial charge in [0.15, 0.2) is 0 Å². The third kappa shape index (κ3) is 2.20. The second-order valence-electron chi connectivity index (χ2n) is 6.97. The number of rotatable bonds is 3. The Balaban J connectivity index is 1.56. The molecule has 0 saturated heterocycles. The number of hydrogen-bond acceptors (Lipinski definition) is 4. The predicted octanol–water partition coefficient (Wildman–Crippen LogP) is 4.07. The van der Waals surface area contributed by atoms with Crippen LogP contribution in [-0.2, 0) is 5.41 Å². The van der Waals surface area contributed by atoms with Crippen LogP contribution in [0.4, 0.5) is 5.95 Å². The van der Waals surface area contributed by atoms with Gasteiger partial charge in [-0.25, -0.2) is 9.97 Å². The molecule has 5 heteroatoms. The second kappa shape index (κ2) is 5.66. The quantitative estimate of drug-likeness (QED) is 0.588. The van der Waals surface area contributed by atoms with Gasteiger partial charge >= 0.3 is 0 Å². The molecule has 1 aliphatic rings. The summed E-state index contributed by atoms with van der Waals surface area (Å²) in [4.78, 5) is 15.8. The van der Waals surface area contributed by atoms with Crippen LogP contribution in [0.2, 0.25) is 0 Å². The molecule has 0 bridgehead atoms. The molecule has 5 nitrogen and oxygen atoms in total. The lowest BCUT2D eigenvalue weighted by atomic mass is 9.60. The minimum atomic E-state index is 0.0930. The maximum atomic E-state index is 5.58. The number of nitrogens with one attached hydrogen (secondary N) is 1. The number of H-pyrrole nitrogens is 1. The number of nitrogen functional groups attached to an aromatic ring is 1. The van der Waals surface area contributed by atoms with Crippen molar-refractivity contribution in [2.45, 2.75) is 24.7 Å². The highest BCUT2D eigenvalue weighted by molar-refractivity contribution is 5.84. The van der Waals surface area contributed by atoms with Crippen LogP contribution < -0.4 is 5.73 Å². The number of benzene rings is 1. The van der Waals surface area contributed by atoms with Crippen LogP contribution in [0.5, 0.6) is 0 Å². The summed E-state index contributed by atoms with van der Waals surface area (Å²) in [5, 5.41) is 1.27. The largest absolute Gasteiger partial charge is 0.368 e. The zero-order valence-corrected chi connectivity index (χ0v) is 14.3. The summed E-state index contributed by atoms with van der Waals surface area (Å²) in [6.07, 6.45) is 13.1. The minimum Gasteiger partial charge on any atom is -0.368 e. The van der Waals surface area contributed by atoms with E-state index in [9.17, 15) is 0 Å². The van der Waals surface area contributed by atoms with Gasteiger partial charge in [-0.2, -0.15) is 0 Å². The highest BCUT2D eigenvalue weighted by Crippen LogP contribution is 2.51. The molecule has 128 valence electrons. The Bertz CT molecular complexity index is 1060. The van der Waals surface area contributed by atoms with E-state index in [0.717, 1.165) is 16.6 Å². The molecule has 1 aliphatic carbocycles. The first-order valence-corrected chi connectivity index (χ1v) is 8.86. The lowest BCUT2D eigenvalue weighted by molar-refractivity contribution is 0.304. The summed E-state index contributed by atoms with van der Waals surface area (Å²) in [7, 11) is 0. The maximum Gasteiger partial charge on any atom is 0.219 e. The smallest absolute Gasteiger partial charge is 0.219 e. The number of aromatic amines is 1. The van der Waals surface area contributed by atoms with Gasteiger partial charge in [-0.1, -0.05) is 30.7 Å². The fourth-order valence-corrected chi connectivity index (χ4v) is 4.08. The first-order valence-electron chi connectivity index (χ1n) is 8.86. The maximum absolute atomic E-state index is 5.58. The topological polar surface area (TPSA) is 80.5 Å². The van der Waals surface area contributed by atoms with Gasteiger partial charge in [0.05, 0.1) is 11.7 Å². The second-order valence-corrected chi connectivity index (χ2v) is 6.97. The Kier molecular flexibility index (Phi) is 3.28. The van der Waals surface area contributed by atoms with E-state index in [1.807, 2.05) is 12.4 Å². The Morgan fingerprint density at radius 2 is 1.69 bits per heavy atom. The van der Waals surface area contributed by atoms with E-state index < -0.39 is 0 Å². The van der Waals surface area contributed by atoms with Crippen molar-refractivity contribution in [3.8, 4) is 11.1 Å². The number of nitrogens with zero attached hydrogens (tertiary/aromatic N) is 3. The van der Waals surface area contributed by atoms with Crippen molar-refractivity contribution in [3.05, 3.63) is 72.4 Å². The SMILES string of the molecule is Nc1ncc(-c2ccc(C3(c4c[nH]c5cnccc45)CCC3)cc2)cn1. The van der Waals surface area contributed by atoms with Crippen molar-refractivity contribution in [2.24, 2.45) is 0 Å². The van der Waals surface area contributed by atoms with E-state index in [4.69, 9.17) is 5.73 Å².